The number of hydrogen-bond donors (Lipinski definition) is 2. The molecule has 0 saturated heterocycles. The minimum absolute atomic E-state index is 0.0271. The molecule has 1 fully saturated rings. The summed E-state index contributed by atoms with van der Waals surface area (Å²) in [6.07, 6.45) is 0.639. The predicted molar refractivity (Wildman–Crippen MR) is 74.6 cm³/mol. The lowest BCUT2D eigenvalue weighted by molar-refractivity contribution is -0.126. The van der Waals surface area contributed by atoms with Crippen LogP contribution in [-0.2, 0) is 9.59 Å². The molecule has 2 atom stereocenters. The fourth-order valence-corrected chi connectivity index (χ4v) is 1.99. The summed E-state index contributed by atoms with van der Waals surface area (Å²) in [5.74, 6) is -0.466. The summed E-state index contributed by atoms with van der Waals surface area (Å²) in [7, 11) is 0. The third-order valence-corrected chi connectivity index (χ3v) is 3.00. The summed E-state index contributed by atoms with van der Waals surface area (Å²) in [6, 6.07) is 9.31. The van der Waals surface area contributed by atoms with E-state index in [-0.39, 0.29) is 29.2 Å². The van der Waals surface area contributed by atoms with Gasteiger partial charge in [0.15, 0.2) is 0 Å². The average molecular weight is 260 g/mol. The highest BCUT2D eigenvalue weighted by atomic mass is 16.2. The van der Waals surface area contributed by atoms with E-state index in [4.69, 9.17) is 0 Å². The standard InChI is InChI=1S/C15H20N2O2/c1-15(2,3)17-14(19)12-9-11(12)13(18)16-10-7-5-4-6-8-10/h4-8,11-12H,9H2,1-3H3,(H,16,18)(H,17,19). The lowest BCUT2D eigenvalue weighted by atomic mass is 10.1. The van der Waals surface area contributed by atoms with Crippen molar-refractivity contribution in [3.8, 4) is 0 Å². The Balaban J connectivity index is 1.86. The highest BCUT2D eigenvalue weighted by Gasteiger charge is 2.48. The minimum atomic E-state index is -0.250. The average Bonchev–Trinajstić information content (AvgIpc) is 3.08. The Bertz CT molecular complexity index is 477. The Morgan fingerprint density at radius 1 is 1.05 bits per heavy atom. The number of rotatable bonds is 3. The van der Waals surface area contributed by atoms with Crippen LogP contribution in [0.15, 0.2) is 30.3 Å². The van der Waals surface area contributed by atoms with Crippen molar-refractivity contribution < 1.29 is 9.59 Å². The molecule has 1 aliphatic rings. The van der Waals surface area contributed by atoms with Gasteiger partial charge in [0.2, 0.25) is 11.8 Å². The fourth-order valence-electron chi connectivity index (χ4n) is 1.99. The monoisotopic (exact) mass is 260 g/mol. The van der Waals surface area contributed by atoms with Crippen LogP contribution < -0.4 is 10.6 Å². The molecule has 0 aromatic heterocycles. The van der Waals surface area contributed by atoms with E-state index in [1.54, 1.807) is 0 Å². The van der Waals surface area contributed by atoms with Crippen LogP contribution in [0.5, 0.6) is 0 Å². The summed E-state index contributed by atoms with van der Waals surface area (Å²) >= 11 is 0. The molecule has 2 N–H and O–H groups in total. The first-order valence-corrected chi connectivity index (χ1v) is 6.55. The smallest absolute Gasteiger partial charge is 0.228 e. The lowest BCUT2D eigenvalue weighted by Gasteiger charge is -2.20. The fraction of sp³-hybridized carbons (Fsp3) is 0.467. The van der Waals surface area contributed by atoms with Gasteiger partial charge in [0, 0.05) is 11.2 Å². The molecule has 0 aliphatic heterocycles. The van der Waals surface area contributed by atoms with Crippen LogP contribution in [0.2, 0.25) is 0 Å². The first kappa shape index (κ1) is 13.6. The number of anilines is 1. The van der Waals surface area contributed by atoms with Gasteiger partial charge < -0.3 is 10.6 Å². The normalized spacial score (nSPS) is 21.6. The molecule has 19 heavy (non-hydrogen) atoms. The maximum Gasteiger partial charge on any atom is 0.228 e. The van der Waals surface area contributed by atoms with E-state index in [1.807, 2.05) is 51.1 Å². The van der Waals surface area contributed by atoms with E-state index in [2.05, 4.69) is 10.6 Å². The Morgan fingerprint density at radius 2 is 1.63 bits per heavy atom. The van der Waals surface area contributed by atoms with Crippen LogP contribution >= 0.6 is 0 Å². The first-order valence-electron chi connectivity index (χ1n) is 6.55. The second-order valence-corrected chi connectivity index (χ2v) is 6.04. The Hall–Kier alpha value is -1.84. The molecule has 1 saturated carbocycles. The van der Waals surface area contributed by atoms with Gasteiger partial charge in [0.1, 0.15) is 0 Å². The van der Waals surface area contributed by atoms with E-state index in [1.165, 1.54) is 0 Å². The zero-order chi connectivity index (χ0) is 14.0. The van der Waals surface area contributed by atoms with Gasteiger partial charge in [-0.05, 0) is 39.3 Å². The summed E-state index contributed by atoms with van der Waals surface area (Å²) < 4.78 is 0. The number of carbonyl (C=O) groups excluding carboxylic acids is 2. The van der Waals surface area contributed by atoms with E-state index >= 15 is 0 Å². The Labute approximate surface area is 113 Å². The molecule has 2 rings (SSSR count). The van der Waals surface area contributed by atoms with Gasteiger partial charge in [-0.15, -0.1) is 0 Å². The zero-order valence-corrected chi connectivity index (χ0v) is 11.6. The van der Waals surface area contributed by atoms with Crippen LogP contribution in [0.3, 0.4) is 0 Å². The molecule has 1 aromatic carbocycles. The lowest BCUT2D eigenvalue weighted by Crippen LogP contribution is -2.42. The van der Waals surface area contributed by atoms with Gasteiger partial charge in [0.05, 0.1) is 11.8 Å². The van der Waals surface area contributed by atoms with E-state index in [0.29, 0.717) is 6.42 Å². The molecule has 1 aliphatic carbocycles. The maximum absolute atomic E-state index is 12.0. The number of hydrogen-bond acceptors (Lipinski definition) is 2. The number of para-hydroxylation sites is 1. The molecular formula is C15H20N2O2. The third kappa shape index (κ3) is 3.81. The Kier molecular flexibility index (Phi) is 3.60. The number of nitrogens with one attached hydrogen (secondary N) is 2. The maximum atomic E-state index is 12.0. The van der Waals surface area contributed by atoms with Crippen LogP contribution in [0.1, 0.15) is 27.2 Å². The van der Waals surface area contributed by atoms with Crippen LogP contribution in [0.25, 0.3) is 0 Å². The molecule has 2 unspecified atom stereocenters. The molecule has 4 heteroatoms. The van der Waals surface area contributed by atoms with E-state index < -0.39 is 0 Å². The van der Waals surface area contributed by atoms with Gasteiger partial charge >= 0.3 is 0 Å². The second kappa shape index (κ2) is 5.03. The molecule has 0 radical (unpaired) electrons. The zero-order valence-electron chi connectivity index (χ0n) is 11.6. The molecule has 1 aromatic rings. The molecule has 2 amide bonds. The SMILES string of the molecule is CC(C)(C)NC(=O)C1CC1C(=O)Nc1ccccc1. The van der Waals surface area contributed by atoms with Gasteiger partial charge in [-0.3, -0.25) is 9.59 Å². The van der Waals surface area contributed by atoms with Crippen molar-refractivity contribution in [2.45, 2.75) is 32.7 Å². The van der Waals surface area contributed by atoms with E-state index in [9.17, 15) is 9.59 Å². The molecule has 4 nitrogen and oxygen atoms in total. The van der Waals surface area contributed by atoms with Crippen molar-refractivity contribution in [3.63, 3.8) is 0 Å². The molecule has 0 spiro atoms. The van der Waals surface area contributed by atoms with Gasteiger partial charge in [-0.1, -0.05) is 18.2 Å². The summed E-state index contributed by atoms with van der Waals surface area (Å²) in [5.41, 5.74) is 0.523. The van der Waals surface area contributed by atoms with Crippen molar-refractivity contribution in [2.75, 3.05) is 5.32 Å². The van der Waals surface area contributed by atoms with Crippen LogP contribution in [-0.4, -0.2) is 17.4 Å². The first-order chi connectivity index (χ1) is 8.87. The minimum Gasteiger partial charge on any atom is -0.351 e. The second-order valence-electron chi connectivity index (χ2n) is 6.04. The van der Waals surface area contributed by atoms with Crippen molar-refractivity contribution in [1.82, 2.24) is 5.32 Å². The number of amides is 2. The topological polar surface area (TPSA) is 58.2 Å². The van der Waals surface area contributed by atoms with E-state index in [0.717, 1.165) is 5.69 Å². The predicted octanol–water partition coefficient (Wildman–Crippen LogP) is 2.18. The van der Waals surface area contributed by atoms with Crippen LogP contribution in [0.4, 0.5) is 5.69 Å². The highest BCUT2D eigenvalue weighted by Crippen LogP contribution is 2.39. The summed E-state index contributed by atoms with van der Waals surface area (Å²) in [4.78, 5) is 23.9. The van der Waals surface area contributed by atoms with Gasteiger partial charge in [0.25, 0.3) is 0 Å². The van der Waals surface area contributed by atoms with Gasteiger partial charge in [-0.2, -0.15) is 0 Å². The molecular weight excluding hydrogens is 240 g/mol. The van der Waals surface area contributed by atoms with Crippen molar-refractivity contribution in [2.24, 2.45) is 11.8 Å². The molecule has 0 bridgehead atoms. The van der Waals surface area contributed by atoms with Crippen LogP contribution in [0, 0.1) is 11.8 Å². The van der Waals surface area contributed by atoms with Crippen molar-refractivity contribution in [1.29, 1.82) is 0 Å². The van der Waals surface area contributed by atoms with Crippen molar-refractivity contribution >= 4 is 17.5 Å². The molecule has 0 heterocycles. The largest absolute Gasteiger partial charge is 0.351 e. The highest BCUT2D eigenvalue weighted by molar-refractivity contribution is 5.99. The molecule has 102 valence electrons. The third-order valence-electron chi connectivity index (χ3n) is 3.00. The summed E-state index contributed by atoms with van der Waals surface area (Å²) in [6.45, 7) is 5.81. The number of carbonyl (C=O) groups is 2. The Morgan fingerprint density at radius 3 is 2.21 bits per heavy atom. The van der Waals surface area contributed by atoms with Gasteiger partial charge in [-0.25, -0.2) is 0 Å². The number of benzene rings is 1. The quantitative estimate of drug-likeness (QED) is 0.875. The summed E-state index contributed by atoms with van der Waals surface area (Å²) in [5, 5.41) is 5.74. The van der Waals surface area contributed by atoms with Crippen molar-refractivity contribution in [3.05, 3.63) is 30.3 Å².